The molecule has 0 spiro atoms. The number of furan rings is 1. The van der Waals surface area contributed by atoms with Gasteiger partial charge in [0, 0.05) is 37.6 Å². The largest absolute Gasteiger partial charge is 0.462 e. The molecule has 5 rings (SSSR count). The van der Waals surface area contributed by atoms with Gasteiger partial charge in [0.2, 0.25) is 0 Å². The van der Waals surface area contributed by atoms with Crippen LogP contribution in [0.2, 0.25) is 0 Å². The molecule has 0 aliphatic carbocycles. The Morgan fingerprint density at radius 1 is 1.19 bits per heavy atom. The average molecular weight is 368 g/mol. The van der Waals surface area contributed by atoms with Crippen molar-refractivity contribution in [3.63, 3.8) is 0 Å². The number of hydrogen-bond acceptors (Lipinski definition) is 5. The molecule has 3 saturated heterocycles. The SMILES string of the molecule is O=C(N[C@@H]1C[C@@H]2CCN(C2)C1)c1cc2c(C(=O)N3CCCC3)coc2cn1. The van der Waals surface area contributed by atoms with Crippen molar-refractivity contribution in [2.75, 3.05) is 32.7 Å². The van der Waals surface area contributed by atoms with E-state index in [0.717, 1.165) is 52.0 Å². The molecule has 0 radical (unpaired) electrons. The third-order valence-electron chi connectivity index (χ3n) is 6.12. The van der Waals surface area contributed by atoms with Gasteiger partial charge in [-0.1, -0.05) is 0 Å². The number of likely N-dealkylation sites (tertiary alicyclic amines) is 1. The summed E-state index contributed by atoms with van der Waals surface area (Å²) in [6.07, 6.45) is 7.37. The minimum Gasteiger partial charge on any atom is -0.462 e. The number of nitrogens with zero attached hydrogens (tertiary/aromatic N) is 3. The summed E-state index contributed by atoms with van der Waals surface area (Å²) < 4.78 is 5.50. The quantitative estimate of drug-likeness (QED) is 0.895. The Balaban J connectivity index is 1.36. The molecule has 1 N–H and O–H groups in total. The van der Waals surface area contributed by atoms with Gasteiger partial charge in [0.05, 0.1) is 11.8 Å². The number of nitrogens with one attached hydrogen (secondary N) is 1. The predicted octanol–water partition coefficient (Wildman–Crippen LogP) is 1.89. The Morgan fingerprint density at radius 2 is 2.04 bits per heavy atom. The molecule has 2 amide bonds. The lowest BCUT2D eigenvalue weighted by Crippen LogP contribution is -2.47. The average Bonchev–Trinajstić information content (AvgIpc) is 3.40. The van der Waals surface area contributed by atoms with Gasteiger partial charge in [0.1, 0.15) is 12.0 Å². The van der Waals surface area contributed by atoms with Gasteiger partial charge in [-0.2, -0.15) is 0 Å². The summed E-state index contributed by atoms with van der Waals surface area (Å²) in [5, 5.41) is 3.79. The zero-order valence-corrected chi connectivity index (χ0v) is 15.3. The van der Waals surface area contributed by atoms with E-state index >= 15 is 0 Å². The Kier molecular flexibility index (Phi) is 4.11. The monoisotopic (exact) mass is 368 g/mol. The summed E-state index contributed by atoms with van der Waals surface area (Å²) in [4.78, 5) is 34.0. The lowest BCUT2D eigenvalue weighted by molar-refractivity contribution is 0.0793. The standard InChI is InChI=1S/C20H24N4O3/c25-19(22-14-7-13-3-6-23(10-13)11-14)17-8-15-16(12-27-18(15)9-21-17)20(26)24-4-1-2-5-24/h8-9,12-14H,1-7,10-11H2,(H,22,25)/t13-,14+/m0/s1. The molecular weight excluding hydrogens is 344 g/mol. The molecule has 0 aromatic carbocycles. The fraction of sp³-hybridized carbons (Fsp3) is 0.550. The molecule has 2 bridgehead atoms. The number of pyridine rings is 1. The highest BCUT2D eigenvalue weighted by atomic mass is 16.3. The first-order valence-electron chi connectivity index (χ1n) is 9.87. The van der Waals surface area contributed by atoms with Crippen LogP contribution in [0.15, 0.2) is 22.9 Å². The molecule has 3 fully saturated rings. The molecule has 3 atom stereocenters. The number of piperidine rings is 1. The molecule has 7 nitrogen and oxygen atoms in total. The third-order valence-corrected chi connectivity index (χ3v) is 6.12. The van der Waals surface area contributed by atoms with Crippen LogP contribution in [-0.4, -0.2) is 65.4 Å². The van der Waals surface area contributed by atoms with E-state index in [-0.39, 0.29) is 17.9 Å². The van der Waals surface area contributed by atoms with E-state index in [0.29, 0.717) is 28.1 Å². The zero-order chi connectivity index (χ0) is 18.4. The first-order valence-corrected chi connectivity index (χ1v) is 9.87. The first kappa shape index (κ1) is 16.7. The molecule has 1 unspecified atom stereocenters. The normalized spacial score (nSPS) is 27.3. The second-order valence-electron chi connectivity index (χ2n) is 8.03. The van der Waals surface area contributed by atoms with Gasteiger partial charge in [-0.15, -0.1) is 0 Å². The molecule has 2 aromatic heterocycles. The van der Waals surface area contributed by atoms with E-state index in [1.165, 1.54) is 12.7 Å². The van der Waals surface area contributed by atoms with Crippen LogP contribution in [0, 0.1) is 5.92 Å². The maximum absolute atomic E-state index is 12.7. The van der Waals surface area contributed by atoms with Gasteiger partial charge in [-0.3, -0.25) is 9.59 Å². The van der Waals surface area contributed by atoms with Crippen molar-refractivity contribution in [2.24, 2.45) is 5.92 Å². The summed E-state index contributed by atoms with van der Waals surface area (Å²) in [5.41, 5.74) is 1.40. The van der Waals surface area contributed by atoms with Crippen LogP contribution in [0.3, 0.4) is 0 Å². The van der Waals surface area contributed by atoms with E-state index in [1.54, 1.807) is 12.3 Å². The Bertz CT molecular complexity index is 874. The van der Waals surface area contributed by atoms with Gasteiger partial charge < -0.3 is 19.5 Å². The van der Waals surface area contributed by atoms with Gasteiger partial charge in [0.25, 0.3) is 11.8 Å². The summed E-state index contributed by atoms with van der Waals surface area (Å²) in [6, 6.07) is 1.86. The highest BCUT2D eigenvalue weighted by Crippen LogP contribution is 2.27. The van der Waals surface area contributed by atoms with Crippen LogP contribution in [0.25, 0.3) is 11.0 Å². The van der Waals surface area contributed by atoms with Crippen molar-refractivity contribution in [1.82, 2.24) is 20.1 Å². The Labute approximate surface area is 157 Å². The number of rotatable bonds is 3. The number of aromatic nitrogens is 1. The smallest absolute Gasteiger partial charge is 0.270 e. The summed E-state index contributed by atoms with van der Waals surface area (Å²) >= 11 is 0. The molecule has 2 aromatic rings. The molecule has 3 aliphatic rings. The Morgan fingerprint density at radius 3 is 2.85 bits per heavy atom. The molecule has 142 valence electrons. The van der Waals surface area contributed by atoms with Crippen molar-refractivity contribution in [3.05, 3.63) is 29.8 Å². The lowest BCUT2D eigenvalue weighted by atomic mass is 9.97. The number of hydrogen-bond donors (Lipinski definition) is 1. The second kappa shape index (κ2) is 6.64. The van der Waals surface area contributed by atoms with Crippen LogP contribution in [0.5, 0.6) is 0 Å². The molecule has 0 saturated carbocycles. The van der Waals surface area contributed by atoms with Crippen LogP contribution in [-0.2, 0) is 0 Å². The van der Waals surface area contributed by atoms with E-state index < -0.39 is 0 Å². The van der Waals surface area contributed by atoms with E-state index in [2.05, 4.69) is 15.2 Å². The second-order valence-corrected chi connectivity index (χ2v) is 8.03. The number of fused-ring (bicyclic) bond motifs is 3. The molecular formula is C20H24N4O3. The topological polar surface area (TPSA) is 78.7 Å². The maximum Gasteiger partial charge on any atom is 0.270 e. The van der Waals surface area contributed by atoms with Crippen molar-refractivity contribution >= 4 is 22.8 Å². The minimum atomic E-state index is -0.176. The fourth-order valence-electron chi connectivity index (χ4n) is 4.74. The Hall–Kier alpha value is -2.41. The van der Waals surface area contributed by atoms with Crippen LogP contribution >= 0.6 is 0 Å². The zero-order valence-electron chi connectivity index (χ0n) is 15.3. The molecule has 27 heavy (non-hydrogen) atoms. The van der Waals surface area contributed by atoms with E-state index in [1.807, 2.05) is 4.90 Å². The van der Waals surface area contributed by atoms with Crippen molar-refractivity contribution in [2.45, 2.75) is 31.7 Å². The van der Waals surface area contributed by atoms with Crippen molar-refractivity contribution < 1.29 is 14.0 Å². The van der Waals surface area contributed by atoms with Gasteiger partial charge >= 0.3 is 0 Å². The highest BCUT2D eigenvalue weighted by molar-refractivity contribution is 6.07. The van der Waals surface area contributed by atoms with Gasteiger partial charge in [0.15, 0.2) is 5.58 Å². The van der Waals surface area contributed by atoms with Gasteiger partial charge in [-0.25, -0.2) is 4.98 Å². The maximum atomic E-state index is 12.7. The molecule has 5 heterocycles. The van der Waals surface area contributed by atoms with Crippen molar-refractivity contribution in [3.8, 4) is 0 Å². The molecule has 3 aliphatic heterocycles. The van der Waals surface area contributed by atoms with E-state index in [4.69, 9.17) is 4.42 Å². The summed E-state index contributed by atoms with van der Waals surface area (Å²) in [6.45, 7) is 4.77. The highest BCUT2D eigenvalue weighted by Gasteiger charge is 2.33. The van der Waals surface area contributed by atoms with Crippen LogP contribution in [0.1, 0.15) is 46.5 Å². The fourth-order valence-corrected chi connectivity index (χ4v) is 4.74. The van der Waals surface area contributed by atoms with Crippen LogP contribution < -0.4 is 5.32 Å². The molecule has 7 heteroatoms. The van der Waals surface area contributed by atoms with Crippen molar-refractivity contribution in [1.29, 1.82) is 0 Å². The number of carbonyl (C=O) groups excluding carboxylic acids is 2. The number of amides is 2. The first-order chi connectivity index (χ1) is 13.2. The predicted molar refractivity (Wildman–Crippen MR) is 99.6 cm³/mol. The number of carbonyl (C=O) groups is 2. The lowest BCUT2D eigenvalue weighted by Gasteiger charge is -2.30. The summed E-state index contributed by atoms with van der Waals surface area (Å²) in [7, 11) is 0. The van der Waals surface area contributed by atoms with Crippen LogP contribution in [0.4, 0.5) is 0 Å². The summed E-state index contributed by atoms with van der Waals surface area (Å²) in [5.74, 6) is 0.490. The minimum absolute atomic E-state index is 0.0273. The van der Waals surface area contributed by atoms with E-state index in [9.17, 15) is 9.59 Å². The van der Waals surface area contributed by atoms with Gasteiger partial charge in [-0.05, 0) is 44.2 Å². The third kappa shape index (κ3) is 3.10.